The van der Waals surface area contributed by atoms with E-state index in [1.54, 1.807) is 5.57 Å². The highest BCUT2D eigenvalue weighted by Gasteiger charge is 2.29. The van der Waals surface area contributed by atoms with Crippen LogP contribution in [-0.4, -0.2) is 6.17 Å². The molecular formula is C14H25F. The Morgan fingerprint density at radius 2 is 2.07 bits per heavy atom. The molecule has 1 rings (SSSR count). The van der Waals surface area contributed by atoms with Gasteiger partial charge in [-0.05, 0) is 43.4 Å². The number of halogens is 1. The van der Waals surface area contributed by atoms with Crippen molar-refractivity contribution in [3.8, 4) is 0 Å². The topological polar surface area (TPSA) is 0 Å². The Balaban J connectivity index is 2.62. The standard InChI is InChI=1S/C14H25F/c1-5-12-7-10(3)14(11(4)8-12)9-13(15)6-2/h7,10-11,13-14H,5-6,8-9H2,1-4H3/t10-,11?,13?,14-/m1/s1. The summed E-state index contributed by atoms with van der Waals surface area (Å²) in [5.74, 6) is 1.77. The highest BCUT2D eigenvalue weighted by atomic mass is 19.1. The minimum atomic E-state index is -0.600. The van der Waals surface area contributed by atoms with E-state index < -0.39 is 6.17 Å². The summed E-state index contributed by atoms with van der Waals surface area (Å²) in [6, 6.07) is 0. The highest BCUT2D eigenvalue weighted by Crippen LogP contribution is 2.38. The molecule has 0 aromatic rings. The van der Waals surface area contributed by atoms with Crippen molar-refractivity contribution in [2.24, 2.45) is 17.8 Å². The second-order valence-electron chi connectivity index (χ2n) is 5.12. The van der Waals surface area contributed by atoms with Gasteiger partial charge < -0.3 is 0 Å². The fourth-order valence-corrected chi connectivity index (χ4v) is 2.82. The fraction of sp³-hybridized carbons (Fsp3) is 0.857. The number of rotatable bonds is 4. The van der Waals surface area contributed by atoms with Crippen molar-refractivity contribution in [2.75, 3.05) is 0 Å². The van der Waals surface area contributed by atoms with Crippen molar-refractivity contribution in [1.29, 1.82) is 0 Å². The van der Waals surface area contributed by atoms with E-state index >= 15 is 0 Å². The van der Waals surface area contributed by atoms with E-state index in [0.29, 0.717) is 24.2 Å². The molecule has 0 saturated heterocycles. The number of hydrogen-bond acceptors (Lipinski definition) is 0. The molecule has 15 heavy (non-hydrogen) atoms. The molecule has 0 spiro atoms. The zero-order valence-electron chi connectivity index (χ0n) is 10.6. The van der Waals surface area contributed by atoms with E-state index in [2.05, 4.69) is 26.8 Å². The molecule has 0 saturated carbocycles. The van der Waals surface area contributed by atoms with Gasteiger partial charge in [-0.25, -0.2) is 4.39 Å². The predicted octanol–water partition coefficient (Wildman–Crippen LogP) is 4.75. The maximum Gasteiger partial charge on any atom is 0.100 e. The van der Waals surface area contributed by atoms with E-state index in [1.165, 1.54) is 6.42 Å². The summed E-state index contributed by atoms with van der Waals surface area (Å²) in [4.78, 5) is 0. The lowest BCUT2D eigenvalue weighted by molar-refractivity contribution is 0.179. The average Bonchev–Trinajstić information content (AvgIpc) is 2.22. The zero-order valence-corrected chi connectivity index (χ0v) is 10.6. The molecule has 0 radical (unpaired) electrons. The van der Waals surface area contributed by atoms with Crippen LogP contribution in [0, 0.1) is 17.8 Å². The van der Waals surface area contributed by atoms with Gasteiger partial charge in [0, 0.05) is 0 Å². The minimum Gasteiger partial charge on any atom is -0.247 e. The Hall–Kier alpha value is -0.330. The van der Waals surface area contributed by atoms with Gasteiger partial charge in [0.15, 0.2) is 0 Å². The van der Waals surface area contributed by atoms with Crippen LogP contribution in [0.5, 0.6) is 0 Å². The summed E-state index contributed by atoms with van der Waals surface area (Å²) in [6.07, 6.45) is 5.55. The molecular weight excluding hydrogens is 187 g/mol. The van der Waals surface area contributed by atoms with Crippen molar-refractivity contribution < 1.29 is 4.39 Å². The molecule has 0 aliphatic heterocycles. The lowest BCUT2D eigenvalue weighted by Gasteiger charge is -2.34. The Kier molecular flexibility index (Phi) is 4.82. The predicted molar refractivity (Wildman–Crippen MR) is 64.6 cm³/mol. The van der Waals surface area contributed by atoms with Crippen LogP contribution in [0.25, 0.3) is 0 Å². The zero-order chi connectivity index (χ0) is 11.4. The summed E-state index contributed by atoms with van der Waals surface area (Å²) >= 11 is 0. The maximum absolute atomic E-state index is 13.4. The summed E-state index contributed by atoms with van der Waals surface area (Å²) in [6.45, 7) is 8.69. The van der Waals surface area contributed by atoms with Crippen molar-refractivity contribution in [1.82, 2.24) is 0 Å². The van der Waals surface area contributed by atoms with E-state index in [-0.39, 0.29) is 0 Å². The lowest BCUT2D eigenvalue weighted by Crippen LogP contribution is -2.26. The molecule has 0 aromatic carbocycles. The minimum absolute atomic E-state index is 0.551. The third-order valence-corrected chi connectivity index (χ3v) is 3.91. The molecule has 1 aliphatic carbocycles. The Morgan fingerprint density at radius 1 is 1.40 bits per heavy atom. The number of hydrogen-bond donors (Lipinski definition) is 0. The molecule has 1 aliphatic rings. The molecule has 0 heterocycles. The first kappa shape index (κ1) is 12.7. The summed E-state index contributed by atoms with van der Waals surface area (Å²) in [7, 11) is 0. The largest absolute Gasteiger partial charge is 0.247 e. The van der Waals surface area contributed by atoms with Crippen LogP contribution in [-0.2, 0) is 0 Å². The first-order valence-electron chi connectivity index (χ1n) is 6.42. The van der Waals surface area contributed by atoms with E-state index in [9.17, 15) is 4.39 Å². The molecule has 1 heteroatoms. The van der Waals surface area contributed by atoms with Crippen molar-refractivity contribution >= 4 is 0 Å². The van der Waals surface area contributed by atoms with Crippen LogP contribution in [0.1, 0.15) is 53.4 Å². The van der Waals surface area contributed by atoms with Gasteiger partial charge >= 0.3 is 0 Å². The Morgan fingerprint density at radius 3 is 2.53 bits per heavy atom. The Labute approximate surface area is 94.0 Å². The van der Waals surface area contributed by atoms with Crippen LogP contribution in [0.2, 0.25) is 0 Å². The molecule has 0 fully saturated rings. The van der Waals surface area contributed by atoms with E-state index in [4.69, 9.17) is 0 Å². The normalized spacial score (nSPS) is 33.7. The van der Waals surface area contributed by atoms with Gasteiger partial charge in [-0.3, -0.25) is 0 Å². The van der Waals surface area contributed by atoms with Crippen molar-refractivity contribution in [3.63, 3.8) is 0 Å². The van der Waals surface area contributed by atoms with Gasteiger partial charge in [-0.2, -0.15) is 0 Å². The third kappa shape index (κ3) is 3.32. The monoisotopic (exact) mass is 212 g/mol. The SMILES string of the molecule is CCC1=C[C@@H](C)[C@@H](CC(F)CC)C(C)C1. The summed E-state index contributed by atoms with van der Waals surface area (Å²) in [5, 5.41) is 0. The fourth-order valence-electron chi connectivity index (χ4n) is 2.82. The first-order chi connectivity index (χ1) is 7.08. The van der Waals surface area contributed by atoms with Gasteiger partial charge in [0.05, 0.1) is 0 Å². The molecule has 0 bridgehead atoms. The van der Waals surface area contributed by atoms with Gasteiger partial charge in [-0.15, -0.1) is 0 Å². The van der Waals surface area contributed by atoms with Crippen LogP contribution >= 0.6 is 0 Å². The quantitative estimate of drug-likeness (QED) is 0.590. The molecule has 0 N–H and O–H groups in total. The van der Waals surface area contributed by atoms with E-state index in [1.807, 2.05) is 6.92 Å². The van der Waals surface area contributed by atoms with Gasteiger partial charge in [0.1, 0.15) is 6.17 Å². The number of alkyl halides is 1. The van der Waals surface area contributed by atoms with Crippen molar-refractivity contribution in [3.05, 3.63) is 11.6 Å². The molecule has 0 nitrogen and oxygen atoms in total. The molecule has 2 unspecified atom stereocenters. The van der Waals surface area contributed by atoms with Gasteiger partial charge in [-0.1, -0.05) is 39.3 Å². The van der Waals surface area contributed by atoms with E-state index in [0.717, 1.165) is 12.8 Å². The van der Waals surface area contributed by atoms with Crippen LogP contribution < -0.4 is 0 Å². The van der Waals surface area contributed by atoms with Gasteiger partial charge in [0.2, 0.25) is 0 Å². The van der Waals surface area contributed by atoms with Crippen LogP contribution in [0.3, 0.4) is 0 Å². The number of allylic oxidation sites excluding steroid dienone is 2. The second-order valence-corrected chi connectivity index (χ2v) is 5.12. The molecule has 0 amide bonds. The van der Waals surface area contributed by atoms with Crippen LogP contribution in [0.4, 0.5) is 4.39 Å². The average molecular weight is 212 g/mol. The molecule has 88 valence electrons. The van der Waals surface area contributed by atoms with Crippen LogP contribution in [0.15, 0.2) is 11.6 Å². The molecule has 4 atom stereocenters. The first-order valence-corrected chi connectivity index (χ1v) is 6.42. The van der Waals surface area contributed by atoms with Gasteiger partial charge in [0.25, 0.3) is 0 Å². The Bertz CT molecular complexity index is 219. The highest BCUT2D eigenvalue weighted by molar-refractivity contribution is 5.10. The lowest BCUT2D eigenvalue weighted by atomic mass is 9.72. The van der Waals surface area contributed by atoms with Crippen molar-refractivity contribution in [2.45, 2.75) is 59.5 Å². The summed E-state index contributed by atoms with van der Waals surface area (Å²) < 4.78 is 13.4. The maximum atomic E-state index is 13.4. The third-order valence-electron chi connectivity index (χ3n) is 3.91. The molecule has 0 aromatic heterocycles. The summed E-state index contributed by atoms with van der Waals surface area (Å²) in [5.41, 5.74) is 1.57. The smallest absolute Gasteiger partial charge is 0.100 e. The second kappa shape index (κ2) is 5.67.